The molecule has 0 radical (unpaired) electrons. The lowest BCUT2D eigenvalue weighted by Gasteiger charge is -2.23. The first-order valence-electron chi connectivity index (χ1n) is 5.42. The molecule has 0 spiro atoms. The van der Waals surface area contributed by atoms with E-state index in [0.717, 1.165) is 0 Å². The third-order valence-corrected chi connectivity index (χ3v) is 5.58. The highest BCUT2D eigenvalue weighted by molar-refractivity contribution is 7.89. The zero-order valence-corrected chi connectivity index (χ0v) is 12.7. The first-order valence-corrected chi connectivity index (χ1v) is 8.16. The fourth-order valence-corrected chi connectivity index (χ4v) is 4.40. The van der Waals surface area contributed by atoms with E-state index >= 15 is 0 Å². The molecule has 8 heteroatoms. The molecule has 0 saturated heterocycles. The predicted octanol–water partition coefficient (Wildman–Crippen LogP) is 2.52. The van der Waals surface area contributed by atoms with Crippen molar-refractivity contribution in [3.63, 3.8) is 0 Å². The highest BCUT2D eigenvalue weighted by Crippen LogP contribution is 2.26. The zero-order valence-electron chi connectivity index (χ0n) is 10.3. The molecule has 2 rings (SSSR count). The number of aromatic nitrogens is 2. The van der Waals surface area contributed by atoms with Crippen LogP contribution in [-0.2, 0) is 10.0 Å². The van der Waals surface area contributed by atoms with Gasteiger partial charge in [0, 0.05) is 17.1 Å². The Balaban J connectivity index is 2.53. The van der Waals surface area contributed by atoms with Crippen molar-refractivity contribution in [2.24, 2.45) is 0 Å². The quantitative estimate of drug-likeness (QED) is 0.944. The molecule has 1 N–H and O–H groups in total. The molecule has 0 aliphatic carbocycles. The van der Waals surface area contributed by atoms with Crippen LogP contribution in [0.2, 0.25) is 5.15 Å². The average molecular weight is 308 g/mol. The Morgan fingerprint density at radius 3 is 2.83 bits per heavy atom. The van der Waals surface area contributed by atoms with E-state index in [9.17, 15) is 8.42 Å². The Morgan fingerprint density at radius 2 is 2.22 bits per heavy atom. The highest BCUT2D eigenvalue weighted by atomic mass is 35.5. The van der Waals surface area contributed by atoms with Crippen LogP contribution in [-0.4, -0.2) is 23.3 Å². The zero-order chi connectivity index (χ0) is 13.6. The monoisotopic (exact) mass is 307 g/mol. The van der Waals surface area contributed by atoms with Crippen molar-refractivity contribution in [2.75, 3.05) is 0 Å². The first-order chi connectivity index (χ1) is 8.27. The van der Waals surface area contributed by atoms with Gasteiger partial charge in [-0.2, -0.15) is 0 Å². The van der Waals surface area contributed by atoms with Crippen LogP contribution in [0, 0.1) is 0 Å². The van der Waals surface area contributed by atoms with Crippen molar-refractivity contribution in [2.45, 2.75) is 37.8 Å². The minimum Gasteiger partial charge on any atom is -0.279 e. The molecule has 2 heterocycles. The molecule has 0 aliphatic heterocycles. The second kappa shape index (κ2) is 4.48. The maximum absolute atomic E-state index is 12.3. The molecule has 100 valence electrons. The second-order valence-corrected chi connectivity index (χ2v) is 7.44. The molecule has 0 aliphatic rings. The number of nitrogens with zero attached hydrogens (tertiary/aromatic N) is 2. The summed E-state index contributed by atoms with van der Waals surface area (Å²) >= 11 is 7.26. The van der Waals surface area contributed by atoms with E-state index in [1.54, 1.807) is 11.6 Å². The molecule has 0 amide bonds. The molecule has 18 heavy (non-hydrogen) atoms. The van der Waals surface area contributed by atoms with Gasteiger partial charge in [-0.05, 0) is 20.3 Å². The largest absolute Gasteiger partial charge is 0.279 e. The minimum atomic E-state index is -3.69. The molecular formula is C10H14ClN3O2S2. The van der Waals surface area contributed by atoms with Crippen molar-refractivity contribution in [3.05, 3.63) is 16.7 Å². The minimum absolute atomic E-state index is 0.00116. The third kappa shape index (κ3) is 2.40. The molecule has 0 saturated carbocycles. The van der Waals surface area contributed by atoms with E-state index in [1.807, 2.05) is 20.8 Å². The van der Waals surface area contributed by atoms with Crippen molar-refractivity contribution >= 4 is 37.9 Å². The second-order valence-electron chi connectivity index (χ2n) is 4.61. The fourth-order valence-electron chi connectivity index (χ4n) is 1.46. The number of thiazole rings is 1. The SMILES string of the molecule is CCC(C)(C)NS(=O)(=O)c1c(Cl)nc2sccn12. The van der Waals surface area contributed by atoms with E-state index in [4.69, 9.17) is 11.6 Å². The van der Waals surface area contributed by atoms with E-state index in [-0.39, 0.29) is 10.2 Å². The van der Waals surface area contributed by atoms with E-state index in [1.165, 1.54) is 15.7 Å². The van der Waals surface area contributed by atoms with Crippen molar-refractivity contribution in [3.8, 4) is 0 Å². The van der Waals surface area contributed by atoms with Gasteiger partial charge in [0.05, 0.1) is 0 Å². The predicted molar refractivity (Wildman–Crippen MR) is 72.8 cm³/mol. The third-order valence-electron chi connectivity index (χ3n) is 2.73. The molecule has 0 aromatic carbocycles. The summed E-state index contributed by atoms with van der Waals surface area (Å²) in [5.74, 6) is 0. The molecule has 0 bridgehead atoms. The van der Waals surface area contributed by atoms with Gasteiger partial charge >= 0.3 is 0 Å². The van der Waals surface area contributed by atoms with Gasteiger partial charge in [0.25, 0.3) is 10.0 Å². The van der Waals surface area contributed by atoms with Crippen LogP contribution in [0.4, 0.5) is 0 Å². The van der Waals surface area contributed by atoms with Gasteiger partial charge in [-0.15, -0.1) is 11.3 Å². The highest BCUT2D eigenvalue weighted by Gasteiger charge is 2.30. The maximum atomic E-state index is 12.3. The summed E-state index contributed by atoms with van der Waals surface area (Å²) in [6.45, 7) is 5.56. The molecule has 0 unspecified atom stereocenters. The fraction of sp³-hybridized carbons (Fsp3) is 0.500. The van der Waals surface area contributed by atoms with Crippen LogP contribution in [0.25, 0.3) is 4.96 Å². The summed E-state index contributed by atoms with van der Waals surface area (Å²) in [6.07, 6.45) is 2.32. The molecule has 0 atom stereocenters. The average Bonchev–Trinajstić information content (AvgIpc) is 2.74. The summed E-state index contributed by atoms with van der Waals surface area (Å²) < 4.78 is 28.8. The van der Waals surface area contributed by atoms with E-state index in [0.29, 0.717) is 11.4 Å². The Kier molecular flexibility index (Phi) is 3.44. The summed E-state index contributed by atoms with van der Waals surface area (Å²) in [7, 11) is -3.69. The maximum Gasteiger partial charge on any atom is 0.260 e. The Hall–Kier alpha value is -0.630. The molecular weight excluding hydrogens is 294 g/mol. The number of fused-ring (bicyclic) bond motifs is 1. The van der Waals surface area contributed by atoms with Crippen LogP contribution < -0.4 is 4.72 Å². The van der Waals surface area contributed by atoms with E-state index in [2.05, 4.69) is 9.71 Å². The van der Waals surface area contributed by atoms with Crippen LogP contribution in [0.1, 0.15) is 27.2 Å². The van der Waals surface area contributed by atoms with Crippen LogP contribution in [0.15, 0.2) is 16.6 Å². The smallest absolute Gasteiger partial charge is 0.260 e. The number of imidazole rings is 1. The number of hydrogen-bond donors (Lipinski definition) is 1. The lowest BCUT2D eigenvalue weighted by molar-refractivity contribution is 0.438. The van der Waals surface area contributed by atoms with Crippen LogP contribution >= 0.6 is 22.9 Å². The lowest BCUT2D eigenvalue weighted by Crippen LogP contribution is -2.43. The standard InChI is InChI=1S/C10H14ClN3O2S2/c1-4-10(2,3)13-18(15,16)8-7(11)12-9-14(8)5-6-17-9/h5-6,13H,4H2,1-3H3. The molecule has 0 fully saturated rings. The van der Waals surface area contributed by atoms with Crippen molar-refractivity contribution < 1.29 is 8.42 Å². The number of halogens is 1. The Morgan fingerprint density at radius 1 is 1.56 bits per heavy atom. The van der Waals surface area contributed by atoms with Gasteiger partial charge < -0.3 is 0 Å². The summed E-state index contributed by atoms with van der Waals surface area (Å²) in [4.78, 5) is 4.59. The molecule has 5 nitrogen and oxygen atoms in total. The Bertz CT molecular complexity index is 672. The van der Waals surface area contributed by atoms with Gasteiger partial charge in [0.2, 0.25) is 0 Å². The molecule has 2 aromatic heterocycles. The van der Waals surface area contributed by atoms with Crippen molar-refractivity contribution in [1.29, 1.82) is 0 Å². The Labute approximate surface area is 115 Å². The van der Waals surface area contributed by atoms with Gasteiger partial charge in [0.15, 0.2) is 15.1 Å². The van der Waals surface area contributed by atoms with E-state index < -0.39 is 15.6 Å². The lowest BCUT2D eigenvalue weighted by atomic mass is 10.0. The number of hydrogen-bond acceptors (Lipinski definition) is 4. The number of rotatable bonds is 4. The topological polar surface area (TPSA) is 63.5 Å². The number of sulfonamides is 1. The summed E-state index contributed by atoms with van der Waals surface area (Å²) in [5.41, 5.74) is -0.525. The van der Waals surface area contributed by atoms with Gasteiger partial charge in [0.1, 0.15) is 0 Å². The van der Waals surface area contributed by atoms with Crippen molar-refractivity contribution in [1.82, 2.24) is 14.1 Å². The summed E-state index contributed by atoms with van der Waals surface area (Å²) in [5, 5.41) is 1.77. The van der Waals surface area contributed by atoms with Gasteiger partial charge in [-0.25, -0.2) is 18.1 Å². The molecule has 2 aromatic rings. The van der Waals surface area contributed by atoms with Gasteiger partial charge in [-0.3, -0.25) is 4.40 Å². The normalized spacial score (nSPS) is 13.3. The van der Waals surface area contributed by atoms with Crippen LogP contribution in [0.3, 0.4) is 0 Å². The first kappa shape index (κ1) is 13.8. The van der Waals surface area contributed by atoms with Crippen LogP contribution in [0.5, 0.6) is 0 Å². The number of nitrogens with one attached hydrogen (secondary N) is 1. The summed E-state index contributed by atoms with van der Waals surface area (Å²) in [6, 6.07) is 0. The van der Waals surface area contributed by atoms with Gasteiger partial charge in [-0.1, -0.05) is 18.5 Å².